The highest BCUT2D eigenvalue weighted by molar-refractivity contribution is 9.10. The molecule has 0 bridgehead atoms. The number of carbonyl (C=O) groups is 1. The molecule has 0 saturated heterocycles. The molecule has 1 aromatic heterocycles. The first-order valence-corrected chi connectivity index (χ1v) is 6.93. The summed E-state index contributed by atoms with van der Waals surface area (Å²) in [6.45, 7) is 1.99. The van der Waals surface area contributed by atoms with Crippen LogP contribution in [0.4, 0.5) is 4.39 Å². The van der Waals surface area contributed by atoms with Crippen LogP contribution in [0.2, 0.25) is 0 Å². The van der Waals surface area contributed by atoms with Crippen LogP contribution in [-0.4, -0.2) is 10.8 Å². The Hall–Kier alpha value is -1.94. The molecule has 1 heterocycles. The van der Waals surface area contributed by atoms with Gasteiger partial charge in [-0.2, -0.15) is 0 Å². The zero-order chi connectivity index (χ0) is 14.3. The summed E-state index contributed by atoms with van der Waals surface area (Å²) in [5.74, 6) is -0.641. The van der Waals surface area contributed by atoms with E-state index in [9.17, 15) is 9.18 Å². The number of aryl methyl sites for hydroxylation is 1. The topological polar surface area (TPSA) is 32.9 Å². The third kappa shape index (κ3) is 2.06. The number of aromatic nitrogens is 1. The minimum atomic E-state index is -0.438. The molecule has 3 rings (SSSR count). The number of aromatic amines is 1. The van der Waals surface area contributed by atoms with Gasteiger partial charge in [0.2, 0.25) is 0 Å². The molecule has 4 heteroatoms. The summed E-state index contributed by atoms with van der Waals surface area (Å²) in [5, 5.41) is 0.844. The average molecular weight is 332 g/mol. The van der Waals surface area contributed by atoms with Crippen LogP contribution in [0, 0.1) is 12.7 Å². The second-order valence-electron chi connectivity index (χ2n) is 4.68. The van der Waals surface area contributed by atoms with Crippen LogP contribution in [-0.2, 0) is 0 Å². The molecule has 3 aromatic rings. The van der Waals surface area contributed by atoms with Crippen molar-refractivity contribution in [2.24, 2.45) is 0 Å². The molecule has 20 heavy (non-hydrogen) atoms. The highest BCUT2D eigenvalue weighted by atomic mass is 79.9. The third-order valence-corrected chi connectivity index (χ3v) is 4.08. The standard InChI is InChI=1S/C16H11BrFNO/c1-9-5-6-10-12(8-19-14(10)7-9)16(20)11-3-2-4-13(18)15(11)17/h2-8,19H,1H3. The molecule has 100 valence electrons. The number of rotatable bonds is 2. The fraction of sp³-hybridized carbons (Fsp3) is 0.0625. The number of benzene rings is 2. The Morgan fingerprint density at radius 2 is 2.00 bits per heavy atom. The van der Waals surface area contributed by atoms with E-state index in [0.29, 0.717) is 11.1 Å². The van der Waals surface area contributed by atoms with Gasteiger partial charge in [-0.3, -0.25) is 4.79 Å². The molecule has 2 aromatic carbocycles. The van der Waals surface area contributed by atoms with Gasteiger partial charge in [-0.05, 0) is 46.6 Å². The summed E-state index contributed by atoms with van der Waals surface area (Å²) in [7, 11) is 0. The zero-order valence-electron chi connectivity index (χ0n) is 10.7. The Labute approximate surface area is 123 Å². The molecule has 0 radical (unpaired) electrons. The number of carbonyl (C=O) groups excluding carboxylic acids is 1. The predicted molar refractivity (Wildman–Crippen MR) is 80.6 cm³/mol. The van der Waals surface area contributed by atoms with Gasteiger partial charge in [-0.1, -0.05) is 18.2 Å². The van der Waals surface area contributed by atoms with E-state index in [0.717, 1.165) is 16.5 Å². The second-order valence-corrected chi connectivity index (χ2v) is 5.47. The van der Waals surface area contributed by atoms with E-state index in [1.54, 1.807) is 12.3 Å². The smallest absolute Gasteiger partial charge is 0.196 e. The summed E-state index contributed by atoms with van der Waals surface area (Å²) in [4.78, 5) is 15.6. The monoisotopic (exact) mass is 331 g/mol. The Morgan fingerprint density at radius 3 is 2.80 bits per heavy atom. The minimum Gasteiger partial charge on any atom is -0.360 e. The molecule has 0 atom stereocenters. The number of hydrogen-bond acceptors (Lipinski definition) is 1. The molecular weight excluding hydrogens is 321 g/mol. The summed E-state index contributed by atoms with van der Waals surface area (Å²) >= 11 is 3.14. The van der Waals surface area contributed by atoms with Gasteiger partial charge < -0.3 is 4.98 Å². The van der Waals surface area contributed by atoms with Crippen molar-refractivity contribution in [2.75, 3.05) is 0 Å². The lowest BCUT2D eigenvalue weighted by molar-refractivity contribution is 0.103. The van der Waals surface area contributed by atoms with Crippen LogP contribution in [0.15, 0.2) is 47.1 Å². The van der Waals surface area contributed by atoms with Crippen LogP contribution in [0.5, 0.6) is 0 Å². The minimum absolute atomic E-state index is 0.200. The van der Waals surface area contributed by atoms with Crippen molar-refractivity contribution in [1.82, 2.24) is 4.98 Å². The van der Waals surface area contributed by atoms with Gasteiger partial charge in [0.25, 0.3) is 0 Å². The molecule has 0 saturated carbocycles. The first-order valence-electron chi connectivity index (χ1n) is 6.14. The van der Waals surface area contributed by atoms with Crippen LogP contribution in [0.3, 0.4) is 0 Å². The Balaban J connectivity index is 2.16. The van der Waals surface area contributed by atoms with E-state index in [1.165, 1.54) is 12.1 Å². The maximum Gasteiger partial charge on any atom is 0.196 e. The molecule has 0 unspecified atom stereocenters. The summed E-state index contributed by atoms with van der Waals surface area (Å²) < 4.78 is 13.7. The Bertz CT molecular complexity index is 822. The van der Waals surface area contributed by atoms with E-state index in [1.807, 2.05) is 25.1 Å². The number of hydrogen-bond donors (Lipinski definition) is 1. The van der Waals surface area contributed by atoms with Crippen molar-refractivity contribution in [3.63, 3.8) is 0 Å². The van der Waals surface area contributed by atoms with Crippen LogP contribution >= 0.6 is 15.9 Å². The molecule has 0 aliphatic rings. The third-order valence-electron chi connectivity index (χ3n) is 3.28. The Morgan fingerprint density at radius 1 is 1.20 bits per heavy atom. The fourth-order valence-corrected chi connectivity index (χ4v) is 2.70. The zero-order valence-corrected chi connectivity index (χ0v) is 12.3. The first kappa shape index (κ1) is 13.1. The molecule has 2 nitrogen and oxygen atoms in total. The van der Waals surface area contributed by atoms with Crippen molar-refractivity contribution in [2.45, 2.75) is 6.92 Å². The highest BCUT2D eigenvalue weighted by Gasteiger charge is 2.18. The SMILES string of the molecule is Cc1ccc2c(C(=O)c3cccc(F)c3Br)c[nH]c2c1. The molecular formula is C16H11BrFNO. The van der Waals surface area contributed by atoms with Gasteiger partial charge in [0.1, 0.15) is 5.82 Å². The van der Waals surface area contributed by atoms with E-state index in [4.69, 9.17) is 0 Å². The largest absolute Gasteiger partial charge is 0.360 e. The summed E-state index contributed by atoms with van der Waals surface area (Å²) in [6.07, 6.45) is 1.67. The average Bonchev–Trinajstić information content (AvgIpc) is 2.84. The first-order chi connectivity index (χ1) is 9.58. The highest BCUT2D eigenvalue weighted by Crippen LogP contribution is 2.27. The normalized spacial score (nSPS) is 10.9. The lowest BCUT2D eigenvalue weighted by Crippen LogP contribution is -2.02. The summed E-state index contributed by atoms with van der Waals surface area (Å²) in [5.41, 5.74) is 2.89. The molecule has 0 fully saturated rings. The lowest BCUT2D eigenvalue weighted by Gasteiger charge is -2.04. The molecule has 0 amide bonds. The van der Waals surface area contributed by atoms with Crippen LogP contribution in [0.25, 0.3) is 10.9 Å². The maximum absolute atomic E-state index is 13.5. The molecule has 1 N–H and O–H groups in total. The van der Waals surface area contributed by atoms with Crippen LogP contribution < -0.4 is 0 Å². The van der Waals surface area contributed by atoms with Crippen molar-refractivity contribution in [1.29, 1.82) is 0 Å². The molecule has 0 aliphatic heterocycles. The van der Waals surface area contributed by atoms with Crippen molar-refractivity contribution in [3.05, 3.63) is 69.6 Å². The number of halogens is 2. The van der Waals surface area contributed by atoms with Gasteiger partial charge in [-0.15, -0.1) is 0 Å². The Kier molecular flexibility index (Phi) is 3.18. The number of ketones is 1. The van der Waals surface area contributed by atoms with Crippen molar-refractivity contribution >= 4 is 32.6 Å². The summed E-state index contributed by atoms with van der Waals surface area (Å²) in [6, 6.07) is 10.3. The number of H-pyrrole nitrogens is 1. The van der Waals surface area contributed by atoms with Gasteiger partial charge in [0.15, 0.2) is 5.78 Å². The second kappa shape index (κ2) is 4.87. The number of nitrogens with one attached hydrogen (secondary N) is 1. The van der Waals surface area contributed by atoms with Crippen LogP contribution in [0.1, 0.15) is 21.5 Å². The van der Waals surface area contributed by atoms with E-state index in [-0.39, 0.29) is 10.3 Å². The van der Waals surface area contributed by atoms with E-state index >= 15 is 0 Å². The van der Waals surface area contributed by atoms with Gasteiger partial charge in [-0.25, -0.2) is 4.39 Å². The maximum atomic E-state index is 13.5. The van der Waals surface area contributed by atoms with Gasteiger partial charge >= 0.3 is 0 Å². The quantitative estimate of drug-likeness (QED) is 0.683. The molecule has 0 aliphatic carbocycles. The van der Waals surface area contributed by atoms with Gasteiger partial charge in [0, 0.05) is 28.2 Å². The predicted octanol–water partition coefficient (Wildman–Crippen LogP) is 4.61. The van der Waals surface area contributed by atoms with Crippen molar-refractivity contribution < 1.29 is 9.18 Å². The molecule has 0 spiro atoms. The van der Waals surface area contributed by atoms with E-state index in [2.05, 4.69) is 20.9 Å². The lowest BCUT2D eigenvalue weighted by atomic mass is 10.0. The van der Waals surface area contributed by atoms with Crippen molar-refractivity contribution in [3.8, 4) is 0 Å². The van der Waals surface area contributed by atoms with Gasteiger partial charge in [0.05, 0.1) is 4.47 Å². The fourth-order valence-electron chi connectivity index (χ4n) is 2.25. The van der Waals surface area contributed by atoms with E-state index < -0.39 is 5.82 Å². The number of fused-ring (bicyclic) bond motifs is 1.